The van der Waals surface area contributed by atoms with Crippen molar-refractivity contribution < 1.29 is 0 Å². The first-order valence-electron chi connectivity index (χ1n) is 5.53. The van der Waals surface area contributed by atoms with E-state index in [1.54, 1.807) is 5.57 Å². The van der Waals surface area contributed by atoms with E-state index in [2.05, 4.69) is 24.3 Å². The molecule has 0 heterocycles. The molecule has 70 valence electrons. The van der Waals surface area contributed by atoms with Crippen LogP contribution in [0.3, 0.4) is 0 Å². The van der Waals surface area contributed by atoms with Gasteiger partial charge in [-0.1, -0.05) is 49.1 Å². The van der Waals surface area contributed by atoms with Crippen LogP contribution >= 0.6 is 0 Å². The van der Waals surface area contributed by atoms with Crippen LogP contribution in [-0.2, 0) is 0 Å². The highest BCUT2D eigenvalue weighted by Crippen LogP contribution is 2.26. The highest BCUT2D eigenvalue weighted by molar-refractivity contribution is 5.43. The molecule has 1 saturated carbocycles. The van der Waals surface area contributed by atoms with Crippen LogP contribution in [-0.4, -0.2) is 0 Å². The van der Waals surface area contributed by atoms with Gasteiger partial charge in [0.2, 0.25) is 0 Å². The molecule has 0 aromatic rings. The molecule has 2 aliphatic carbocycles. The van der Waals surface area contributed by atoms with Crippen LogP contribution in [0.4, 0.5) is 0 Å². The molecule has 0 unspecified atom stereocenters. The summed E-state index contributed by atoms with van der Waals surface area (Å²) in [6, 6.07) is 0. The van der Waals surface area contributed by atoms with Crippen molar-refractivity contribution in [2.45, 2.75) is 44.9 Å². The second kappa shape index (κ2) is 4.45. The molecule has 0 N–H and O–H groups in total. The van der Waals surface area contributed by atoms with E-state index in [1.807, 2.05) is 0 Å². The van der Waals surface area contributed by atoms with Gasteiger partial charge in [-0.2, -0.15) is 0 Å². The average molecular weight is 174 g/mol. The Morgan fingerprint density at radius 1 is 0.692 bits per heavy atom. The highest BCUT2D eigenvalue weighted by atomic mass is 14.1. The molecule has 0 bridgehead atoms. The zero-order valence-electron chi connectivity index (χ0n) is 8.26. The average Bonchev–Trinajstić information content (AvgIpc) is 2.55. The van der Waals surface area contributed by atoms with Crippen LogP contribution in [0.5, 0.6) is 0 Å². The summed E-state index contributed by atoms with van der Waals surface area (Å²) in [5.74, 6) is 0. The van der Waals surface area contributed by atoms with Crippen LogP contribution in [0.15, 0.2) is 35.5 Å². The van der Waals surface area contributed by atoms with Crippen LogP contribution in [0, 0.1) is 0 Å². The van der Waals surface area contributed by atoms with Crippen LogP contribution in [0.2, 0.25) is 0 Å². The quantitative estimate of drug-likeness (QED) is 0.517. The molecule has 0 heteroatoms. The summed E-state index contributed by atoms with van der Waals surface area (Å²) in [4.78, 5) is 0. The third-order valence-electron chi connectivity index (χ3n) is 3.03. The molecule has 0 aliphatic heterocycles. The van der Waals surface area contributed by atoms with E-state index in [0.717, 1.165) is 0 Å². The second-order valence-corrected chi connectivity index (χ2v) is 4.04. The molecular formula is C13H18. The molecule has 0 amide bonds. The van der Waals surface area contributed by atoms with Crippen molar-refractivity contribution in [1.82, 2.24) is 0 Å². The smallest absolute Gasteiger partial charge is 0.0265 e. The summed E-state index contributed by atoms with van der Waals surface area (Å²) in [6.07, 6.45) is 18.6. The number of allylic oxidation sites excluding steroid dienone is 6. The Bertz CT molecular complexity index is 229. The molecule has 1 fully saturated rings. The summed E-state index contributed by atoms with van der Waals surface area (Å²) < 4.78 is 0. The summed E-state index contributed by atoms with van der Waals surface area (Å²) in [7, 11) is 0. The standard InChI is InChI=1S/C13H18/c1-2-4-8-12(9-5-3-1)13-10-6-7-11-13/h6-7,10-11H,1-5,8-9H2. The number of hydrogen-bond donors (Lipinski definition) is 0. The zero-order valence-corrected chi connectivity index (χ0v) is 8.26. The van der Waals surface area contributed by atoms with E-state index in [4.69, 9.17) is 0 Å². The van der Waals surface area contributed by atoms with Gasteiger partial charge in [0.1, 0.15) is 0 Å². The van der Waals surface area contributed by atoms with Crippen molar-refractivity contribution in [1.29, 1.82) is 0 Å². The van der Waals surface area contributed by atoms with Crippen molar-refractivity contribution in [2.24, 2.45) is 0 Å². The van der Waals surface area contributed by atoms with Gasteiger partial charge >= 0.3 is 0 Å². The van der Waals surface area contributed by atoms with Crippen molar-refractivity contribution >= 4 is 0 Å². The van der Waals surface area contributed by atoms with Crippen molar-refractivity contribution in [3.05, 3.63) is 35.5 Å². The summed E-state index contributed by atoms with van der Waals surface area (Å²) in [6.45, 7) is 0. The minimum absolute atomic E-state index is 1.34. The van der Waals surface area contributed by atoms with Crippen LogP contribution in [0.1, 0.15) is 44.9 Å². The fourth-order valence-electron chi connectivity index (χ4n) is 2.23. The SMILES string of the molecule is C1=CC(=C2CCCCCCC2)C=C1. The third kappa shape index (κ3) is 2.33. The predicted octanol–water partition coefficient (Wildman–Crippen LogP) is 4.15. The molecule has 0 aromatic heterocycles. The molecule has 13 heavy (non-hydrogen) atoms. The Labute approximate surface area is 81.0 Å². The van der Waals surface area contributed by atoms with Crippen LogP contribution in [0.25, 0.3) is 0 Å². The lowest BCUT2D eigenvalue weighted by atomic mass is 9.93. The molecule has 2 aliphatic rings. The third-order valence-corrected chi connectivity index (χ3v) is 3.03. The van der Waals surface area contributed by atoms with E-state index in [9.17, 15) is 0 Å². The Balaban J connectivity index is 2.06. The molecule has 2 rings (SSSR count). The van der Waals surface area contributed by atoms with Gasteiger partial charge in [-0.3, -0.25) is 0 Å². The Hall–Kier alpha value is -0.780. The molecule has 0 spiro atoms. The van der Waals surface area contributed by atoms with Crippen molar-refractivity contribution in [3.63, 3.8) is 0 Å². The summed E-state index contributed by atoms with van der Waals surface area (Å²) in [5, 5.41) is 0. The monoisotopic (exact) mass is 174 g/mol. The summed E-state index contributed by atoms with van der Waals surface area (Å²) in [5.41, 5.74) is 3.20. The zero-order chi connectivity index (χ0) is 8.93. The van der Waals surface area contributed by atoms with Crippen LogP contribution < -0.4 is 0 Å². The Morgan fingerprint density at radius 3 is 1.85 bits per heavy atom. The van der Waals surface area contributed by atoms with Gasteiger partial charge in [0.05, 0.1) is 0 Å². The first-order valence-corrected chi connectivity index (χ1v) is 5.53. The minimum atomic E-state index is 1.34. The lowest BCUT2D eigenvalue weighted by molar-refractivity contribution is 0.567. The lowest BCUT2D eigenvalue weighted by Gasteiger charge is -2.13. The Morgan fingerprint density at radius 2 is 1.23 bits per heavy atom. The number of rotatable bonds is 0. The highest BCUT2D eigenvalue weighted by Gasteiger charge is 2.07. The molecule has 0 aromatic carbocycles. The largest absolute Gasteiger partial charge is 0.0630 e. The van der Waals surface area contributed by atoms with Gasteiger partial charge in [0.15, 0.2) is 0 Å². The summed E-state index contributed by atoms with van der Waals surface area (Å²) >= 11 is 0. The van der Waals surface area contributed by atoms with E-state index < -0.39 is 0 Å². The minimum Gasteiger partial charge on any atom is -0.0630 e. The van der Waals surface area contributed by atoms with Gasteiger partial charge in [0.25, 0.3) is 0 Å². The van der Waals surface area contributed by atoms with Gasteiger partial charge in [-0.15, -0.1) is 0 Å². The van der Waals surface area contributed by atoms with Gasteiger partial charge < -0.3 is 0 Å². The maximum atomic E-state index is 2.26. The predicted molar refractivity (Wildman–Crippen MR) is 57.6 cm³/mol. The molecule has 0 nitrogen and oxygen atoms in total. The van der Waals surface area contributed by atoms with Crippen molar-refractivity contribution in [3.8, 4) is 0 Å². The normalized spacial score (nSPS) is 23.4. The molecular weight excluding hydrogens is 156 g/mol. The number of hydrogen-bond acceptors (Lipinski definition) is 0. The van der Waals surface area contributed by atoms with E-state index >= 15 is 0 Å². The second-order valence-electron chi connectivity index (χ2n) is 4.04. The Kier molecular flexibility index (Phi) is 3.02. The lowest BCUT2D eigenvalue weighted by Crippen LogP contribution is -1.93. The van der Waals surface area contributed by atoms with Gasteiger partial charge in [-0.25, -0.2) is 0 Å². The van der Waals surface area contributed by atoms with E-state index in [1.165, 1.54) is 50.5 Å². The van der Waals surface area contributed by atoms with Gasteiger partial charge in [-0.05, 0) is 31.3 Å². The fourth-order valence-corrected chi connectivity index (χ4v) is 2.23. The first kappa shape index (κ1) is 8.80. The first-order chi connectivity index (χ1) is 6.47. The topological polar surface area (TPSA) is 0 Å². The maximum absolute atomic E-state index is 2.26. The van der Waals surface area contributed by atoms with Crippen molar-refractivity contribution in [2.75, 3.05) is 0 Å². The van der Waals surface area contributed by atoms with E-state index in [0.29, 0.717) is 0 Å². The van der Waals surface area contributed by atoms with E-state index in [-0.39, 0.29) is 0 Å². The van der Waals surface area contributed by atoms with Gasteiger partial charge in [0, 0.05) is 0 Å². The molecule has 0 atom stereocenters. The molecule has 0 saturated heterocycles. The maximum Gasteiger partial charge on any atom is -0.0265 e. The molecule has 0 radical (unpaired) electrons. The fraction of sp³-hybridized carbons (Fsp3) is 0.538.